The molecule has 12 rings (SSSR count). The summed E-state index contributed by atoms with van der Waals surface area (Å²) in [6.07, 6.45) is 14.9. The highest BCUT2D eigenvalue weighted by atomic mass is 32.1. The Hall–Kier alpha value is -10.2. The number of aromatic carboxylic acids is 1. The van der Waals surface area contributed by atoms with Gasteiger partial charge < -0.3 is 44.3 Å². The van der Waals surface area contributed by atoms with Gasteiger partial charge in [0.25, 0.3) is 0 Å². The number of fused-ring (bicyclic) bond motifs is 8. The average Bonchev–Trinajstić information content (AvgIpc) is 1.18. The van der Waals surface area contributed by atoms with Crippen molar-refractivity contribution < 1.29 is 43.4 Å². The Bertz CT molecular complexity index is 4820. The molecule has 14 heteroatoms. The van der Waals surface area contributed by atoms with Gasteiger partial charge in [-0.2, -0.15) is 4.58 Å². The number of carbonyl (C=O) groups excluding carboxylic acids is 2. The molecule has 0 aliphatic carbocycles. The highest BCUT2D eigenvalue weighted by molar-refractivity contribution is 7.80. The number of hydrogen-bond donors (Lipinski definition) is 3. The van der Waals surface area contributed by atoms with Crippen molar-refractivity contribution in [3.63, 3.8) is 0 Å². The molecule has 0 fully saturated rings. The number of aryl methyl sites for hydroxylation is 2. The predicted molar refractivity (Wildman–Crippen MR) is 395 cm³/mol. The van der Waals surface area contributed by atoms with Gasteiger partial charge in [-0.3, -0.25) is 4.79 Å². The number of phenols is 1. The Morgan fingerprint density at radius 3 is 2.17 bits per heavy atom. The molecule has 3 N–H and O–H groups in total. The molecule has 4 aliphatic heterocycles. The number of allylic oxidation sites excluding steroid dienone is 6. The molecule has 0 amide bonds. The third kappa shape index (κ3) is 14.7. The number of aromatic hydroxyl groups is 1. The summed E-state index contributed by atoms with van der Waals surface area (Å²) in [7, 11) is 2.17. The standard InChI is InChI=1S/C35H45N2O.C24H24N2O3.C23H17NO4S/c1-25-18-20-30-28(23-25)34(4,5)32(36(30)8)16-12-9-13-17-33-35(6,7)29-24-26(2)19-21-31(29)37(33)22-14-10-11-15-27(3)38;1-5-26(6-2)17-7-10-21-22(12-17)29-23-11-15(3)19-9-8-18(28-14-16(4)27)13-20(19)24(23)25-21;1-12-3-6-17-20(9-12)28-21-11-15(25)5-8-18(21)22(17)16-7-4-14(24-13(2)29)10-19(16)23(26)27/h9,12-13,16-21,23-24H,10-11,14-15,22H2,1-8H3;7-13H,3,5-6,14H2,1-2,4H3;3-11,25H,1H2,2H3,(H,24,29)(H,26,27)/q+1;;. The molecule has 0 unspecified atom stereocenters. The summed E-state index contributed by atoms with van der Waals surface area (Å²) in [4.78, 5) is 44.8. The van der Waals surface area contributed by atoms with Gasteiger partial charge in [0.1, 0.15) is 53.5 Å². The van der Waals surface area contributed by atoms with Gasteiger partial charge in [0, 0.05) is 106 Å². The summed E-state index contributed by atoms with van der Waals surface area (Å²) in [5.74, 6) is 2.32. The van der Waals surface area contributed by atoms with E-state index in [9.17, 15) is 24.6 Å². The summed E-state index contributed by atoms with van der Waals surface area (Å²) in [6, 6.07) is 42.7. The molecule has 492 valence electrons. The van der Waals surface area contributed by atoms with E-state index in [2.05, 4.69) is 168 Å². The third-order valence-electron chi connectivity index (χ3n) is 18.1. The maximum atomic E-state index is 12.1. The SMILES string of the molecule is C=c1cc2c(c3cc(OCC(C)=O)ccc13)=Nc1ccc(N(CC)CC)cc1O2.C=c1ccc2c(c1)Oc1cc(O)ccc1C=2c1ccc(NC(C)=S)cc1C(=O)O.CC(=O)CCCCCN1C(=CC=CC=CC2=[N+](C)c3ccc(C)cc3C2(C)C)C(C)(C)c2cc(C)ccc21. The minimum absolute atomic E-state index is 0.0228. The zero-order valence-corrected chi connectivity index (χ0v) is 58.0. The maximum Gasteiger partial charge on any atom is 0.336 e. The number of rotatable bonds is 18. The number of ketones is 2. The summed E-state index contributed by atoms with van der Waals surface area (Å²) in [5, 5.41) is 27.8. The number of Topliss-reactive ketones (excluding diaryl/α,β-unsaturated/α-hetero) is 2. The van der Waals surface area contributed by atoms with E-state index >= 15 is 0 Å². The molecule has 8 aromatic carbocycles. The van der Waals surface area contributed by atoms with E-state index in [1.807, 2.05) is 48.5 Å². The van der Waals surface area contributed by atoms with E-state index in [0.717, 1.165) is 87.8 Å². The average molecular weight is 1300 g/mol. The Kier molecular flexibility index (Phi) is 20.6. The number of carboxylic acids is 1. The molecule has 0 bridgehead atoms. The first-order valence-corrected chi connectivity index (χ1v) is 33.2. The van der Waals surface area contributed by atoms with Crippen LogP contribution in [0.1, 0.15) is 132 Å². The molecular weight excluding hydrogens is 1210 g/mol. The minimum Gasteiger partial charge on any atom is -0.508 e. The molecule has 0 radical (unpaired) electrons. The molecule has 0 saturated carbocycles. The zero-order chi connectivity index (χ0) is 68.9. The van der Waals surface area contributed by atoms with Gasteiger partial charge in [0.2, 0.25) is 5.69 Å². The lowest BCUT2D eigenvalue weighted by atomic mass is 9.81. The van der Waals surface area contributed by atoms with E-state index in [1.165, 1.54) is 58.0 Å². The number of thiocarbonyl (C=S) groups is 1. The van der Waals surface area contributed by atoms with Crippen LogP contribution in [0.5, 0.6) is 34.5 Å². The van der Waals surface area contributed by atoms with Crippen LogP contribution in [0.4, 0.5) is 28.4 Å². The van der Waals surface area contributed by atoms with Gasteiger partial charge in [-0.1, -0.05) is 117 Å². The third-order valence-corrected chi connectivity index (χ3v) is 18.2. The van der Waals surface area contributed by atoms with Crippen molar-refractivity contribution in [1.82, 2.24) is 0 Å². The number of unbranched alkanes of at least 4 members (excludes halogenated alkanes) is 2. The number of nitrogens with zero attached hydrogens (tertiary/aromatic N) is 4. The van der Waals surface area contributed by atoms with E-state index in [-0.39, 0.29) is 40.3 Å². The van der Waals surface area contributed by atoms with Gasteiger partial charge in [0.05, 0.1) is 16.0 Å². The number of ether oxygens (including phenoxy) is 3. The van der Waals surface area contributed by atoms with Crippen LogP contribution >= 0.6 is 12.2 Å². The molecule has 0 atom stereocenters. The fraction of sp³-hybridized carbons (Fsp3) is 0.268. The van der Waals surface area contributed by atoms with Crippen LogP contribution < -0.4 is 50.3 Å². The molecule has 0 saturated heterocycles. The summed E-state index contributed by atoms with van der Waals surface area (Å²) >= 11 is 5.06. The highest BCUT2D eigenvalue weighted by Crippen LogP contribution is 2.49. The van der Waals surface area contributed by atoms with Gasteiger partial charge in [-0.15, -0.1) is 0 Å². The number of carboxylic acid groups (broad SMARTS) is 1. The van der Waals surface area contributed by atoms with Gasteiger partial charge in [-0.25, -0.2) is 9.79 Å². The van der Waals surface area contributed by atoms with Crippen LogP contribution in [0.3, 0.4) is 0 Å². The van der Waals surface area contributed by atoms with Crippen molar-refractivity contribution in [2.45, 2.75) is 113 Å². The number of nitrogens with one attached hydrogen (secondary N) is 1. The van der Waals surface area contributed by atoms with Gasteiger partial charge in [0.15, 0.2) is 23.0 Å². The highest BCUT2D eigenvalue weighted by Gasteiger charge is 2.43. The summed E-state index contributed by atoms with van der Waals surface area (Å²) < 4.78 is 20.1. The van der Waals surface area contributed by atoms with Crippen molar-refractivity contribution in [3.8, 4) is 34.5 Å². The molecule has 0 aromatic heterocycles. The summed E-state index contributed by atoms with van der Waals surface area (Å²) in [5.41, 5.74) is 15.2. The second-order valence-electron chi connectivity index (χ2n) is 26.0. The van der Waals surface area contributed by atoms with Crippen LogP contribution in [0.25, 0.3) is 29.5 Å². The van der Waals surface area contributed by atoms with Crippen LogP contribution in [0.15, 0.2) is 175 Å². The van der Waals surface area contributed by atoms with Crippen molar-refractivity contribution in [3.05, 3.63) is 229 Å². The molecule has 13 nitrogen and oxygen atoms in total. The lowest BCUT2D eigenvalue weighted by Crippen LogP contribution is -2.27. The van der Waals surface area contributed by atoms with E-state index in [4.69, 9.17) is 31.4 Å². The first-order valence-electron chi connectivity index (χ1n) is 32.8. The van der Waals surface area contributed by atoms with Crippen LogP contribution in [0, 0.1) is 13.8 Å². The van der Waals surface area contributed by atoms with Crippen LogP contribution in [-0.4, -0.2) is 76.3 Å². The Morgan fingerprint density at radius 1 is 0.719 bits per heavy atom. The van der Waals surface area contributed by atoms with Crippen molar-refractivity contribution in [1.29, 1.82) is 0 Å². The normalized spacial score (nSPS) is 14.6. The molecule has 96 heavy (non-hydrogen) atoms. The lowest BCUT2D eigenvalue weighted by Gasteiger charge is -2.27. The lowest BCUT2D eigenvalue weighted by molar-refractivity contribution is -0.401. The van der Waals surface area contributed by atoms with Crippen molar-refractivity contribution >= 4 is 98.4 Å². The second-order valence-corrected chi connectivity index (χ2v) is 26.7. The van der Waals surface area contributed by atoms with Crippen molar-refractivity contribution in [2.24, 2.45) is 4.99 Å². The number of phenolic OH excluding ortho intramolecular Hbond substituents is 1. The molecule has 4 heterocycles. The largest absolute Gasteiger partial charge is 0.508 e. The number of anilines is 3. The number of hydrogen-bond acceptors (Lipinski definition) is 11. The van der Waals surface area contributed by atoms with E-state index in [0.29, 0.717) is 56.8 Å². The molecule has 0 spiro atoms. The number of benzene rings is 8. The number of carbonyl (C=O) groups is 3. The van der Waals surface area contributed by atoms with Crippen molar-refractivity contribution in [2.75, 3.05) is 48.4 Å². The monoisotopic (exact) mass is 1300 g/mol. The Labute approximate surface area is 568 Å². The Balaban J connectivity index is 0.000000159. The second kappa shape index (κ2) is 28.8. The van der Waals surface area contributed by atoms with Crippen LogP contribution in [-0.2, 0) is 20.4 Å². The van der Waals surface area contributed by atoms with E-state index in [1.54, 1.807) is 50.2 Å². The molecule has 4 aliphatic rings. The summed E-state index contributed by atoms with van der Waals surface area (Å²) in [6.45, 7) is 33.8. The Morgan fingerprint density at radius 2 is 1.45 bits per heavy atom. The topological polar surface area (TPSA) is 153 Å². The fourth-order valence-electron chi connectivity index (χ4n) is 13.2. The zero-order valence-electron chi connectivity index (χ0n) is 57.2. The van der Waals surface area contributed by atoms with Gasteiger partial charge in [-0.05, 0) is 181 Å². The van der Waals surface area contributed by atoms with Gasteiger partial charge >= 0.3 is 5.97 Å². The van der Waals surface area contributed by atoms with Crippen LogP contribution in [0.2, 0.25) is 0 Å². The minimum atomic E-state index is -1.06. The quantitative estimate of drug-likeness (QED) is 0.0324. The molecule has 8 aromatic rings. The fourth-order valence-corrected chi connectivity index (χ4v) is 13.3. The smallest absolute Gasteiger partial charge is 0.336 e. The van der Waals surface area contributed by atoms with E-state index < -0.39 is 5.97 Å². The molecular formula is C82H86N5O8S+. The maximum absolute atomic E-state index is 12.1. The predicted octanol–water partition coefficient (Wildman–Crippen LogP) is 16.0. The first kappa shape index (κ1) is 68.7. The first-order chi connectivity index (χ1) is 45.8.